The van der Waals surface area contributed by atoms with Gasteiger partial charge in [0.15, 0.2) is 0 Å². The van der Waals surface area contributed by atoms with E-state index in [0.717, 1.165) is 6.07 Å². The number of aliphatic hydroxyl groups excluding tert-OH is 1. The minimum Gasteiger partial charge on any atom is -0.375 e. The van der Waals surface area contributed by atoms with E-state index >= 15 is 0 Å². The van der Waals surface area contributed by atoms with Crippen molar-refractivity contribution in [2.24, 2.45) is 5.73 Å². The molecule has 1 aromatic carbocycles. The number of benzene rings is 1. The van der Waals surface area contributed by atoms with Crippen LogP contribution in [0, 0.1) is 5.82 Å². The fourth-order valence-corrected chi connectivity index (χ4v) is 0.727. The van der Waals surface area contributed by atoms with Crippen LogP contribution in [0.5, 0.6) is 0 Å². The summed E-state index contributed by atoms with van der Waals surface area (Å²) in [7, 11) is 5.19. The molecule has 0 heterocycles. The van der Waals surface area contributed by atoms with Crippen LogP contribution in [0.4, 0.5) is 4.39 Å². The summed E-state index contributed by atoms with van der Waals surface area (Å²) in [6.07, 6.45) is -1.15. The Hall–Kier alpha value is -0.865. The van der Waals surface area contributed by atoms with Crippen LogP contribution in [0.2, 0.25) is 0 Å². The maximum absolute atomic E-state index is 12.6. The van der Waals surface area contributed by atoms with Gasteiger partial charge in [0.05, 0.1) is 0 Å². The van der Waals surface area contributed by atoms with E-state index in [2.05, 4.69) is 0 Å². The van der Waals surface area contributed by atoms with E-state index in [9.17, 15) is 4.39 Å². The molecule has 4 heteroatoms. The highest BCUT2D eigenvalue weighted by atomic mass is 19.1. The van der Waals surface area contributed by atoms with Gasteiger partial charge in [0.25, 0.3) is 0 Å². The average Bonchev–Trinajstić information content (AvgIpc) is 1.94. The lowest BCUT2D eigenvalue weighted by atomic mass is 9.94. The predicted molar refractivity (Wildman–Crippen MR) is 40.9 cm³/mol. The Balaban J connectivity index is 3.05. The van der Waals surface area contributed by atoms with Gasteiger partial charge in [0.1, 0.15) is 19.9 Å². The van der Waals surface area contributed by atoms with Gasteiger partial charge in [-0.1, -0.05) is 17.6 Å². The number of nitrogens with two attached hydrogens (primary N) is 1. The third-order valence-corrected chi connectivity index (χ3v) is 1.37. The molecule has 0 saturated carbocycles. The zero-order valence-corrected chi connectivity index (χ0v) is 5.79. The van der Waals surface area contributed by atoms with E-state index in [4.69, 9.17) is 18.7 Å². The lowest BCUT2D eigenvalue weighted by Gasteiger charge is -2.05. The first-order valence-corrected chi connectivity index (χ1v) is 3.10. The number of aliphatic hydroxyl groups is 1. The lowest BCUT2D eigenvalue weighted by Crippen LogP contribution is -2.13. The smallest absolute Gasteiger partial charge is 0.128 e. The molecule has 0 aromatic heterocycles. The topological polar surface area (TPSA) is 46.2 Å². The summed E-state index contributed by atoms with van der Waals surface area (Å²) >= 11 is 0. The summed E-state index contributed by atoms with van der Waals surface area (Å²) in [4.78, 5) is 0. The van der Waals surface area contributed by atoms with Crippen LogP contribution < -0.4 is 11.2 Å². The molecule has 0 saturated heterocycles. The van der Waals surface area contributed by atoms with Crippen molar-refractivity contribution in [3.8, 4) is 0 Å². The van der Waals surface area contributed by atoms with Gasteiger partial charge >= 0.3 is 0 Å². The second kappa shape index (κ2) is 3.03. The Bertz CT molecular complexity index is 265. The fraction of sp³-hybridized carbons (Fsp3) is 0.143. The van der Waals surface area contributed by atoms with Gasteiger partial charge in [-0.25, -0.2) is 4.39 Å². The van der Waals surface area contributed by atoms with Gasteiger partial charge in [-0.3, -0.25) is 0 Å². The number of rotatable bonds is 1. The molecule has 0 aliphatic rings. The van der Waals surface area contributed by atoms with Crippen LogP contribution in [0.3, 0.4) is 0 Å². The Morgan fingerprint density at radius 2 is 2.18 bits per heavy atom. The van der Waals surface area contributed by atoms with Gasteiger partial charge < -0.3 is 10.8 Å². The molecule has 11 heavy (non-hydrogen) atoms. The third kappa shape index (κ3) is 1.79. The van der Waals surface area contributed by atoms with E-state index in [1.807, 2.05) is 0 Å². The molecule has 0 bridgehead atoms. The molecule has 2 radical (unpaired) electrons. The number of halogens is 1. The normalized spacial score (nSPS) is 13.0. The van der Waals surface area contributed by atoms with Crippen molar-refractivity contribution in [3.05, 3.63) is 29.6 Å². The minimum absolute atomic E-state index is 0.0504. The second-order valence-electron chi connectivity index (χ2n) is 2.23. The first-order valence-electron chi connectivity index (χ1n) is 3.10. The molecular formula is C7H7BFNO. The van der Waals surface area contributed by atoms with Crippen molar-refractivity contribution in [1.82, 2.24) is 0 Å². The first-order chi connectivity index (χ1) is 5.11. The van der Waals surface area contributed by atoms with Crippen molar-refractivity contribution in [1.29, 1.82) is 0 Å². The highest BCUT2D eigenvalue weighted by molar-refractivity contribution is 6.32. The molecule has 3 N–H and O–H groups in total. The van der Waals surface area contributed by atoms with Crippen LogP contribution >= 0.6 is 0 Å². The zero-order chi connectivity index (χ0) is 8.43. The van der Waals surface area contributed by atoms with Crippen molar-refractivity contribution in [3.63, 3.8) is 0 Å². The quantitative estimate of drug-likeness (QED) is 0.422. The number of hydrogen-bond acceptors (Lipinski definition) is 2. The predicted octanol–water partition coefficient (Wildman–Crippen LogP) is -0.431. The van der Waals surface area contributed by atoms with E-state index < -0.39 is 12.0 Å². The monoisotopic (exact) mass is 151 g/mol. The maximum atomic E-state index is 12.6. The summed E-state index contributed by atoms with van der Waals surface area (Å²) in [5.74, 6) is -0.563. The van der Waals surface area contributed by atoms with Crippen LogP contribution in [-0.4, -0.2) is 13.0 Å². The summed E-state index contributed by atoms with van der Waals surface area (Å²) in [6, 6.07) is 3.95. The van der Waals surface area contributed by atoms with Crippen molar-refractivity contribution in [2.75, 3.05) is 0 Å². The van der Waals surface area contributed by atoms with Crippen LogP contribution in [0.25, 0.3) is 0 Å². The van der Waals surface area contributed by atoms with Gasteiger partial charge in [-0.15, -0.1) is 0 Å². The number of hydrogen-bond donors (Lipinski definition) is 2. The molecule has 0 amide bonds. The van der Waals surface area contributed by atoms with Crippen molar-refractivity contribution < 1.29 is 9.50 Å². The molecule has 0 spiro atoms. The Kier molecular flexibility index (Phi) is 2.26. The van der Waals surface area contributed by atoms with Gasteiger partial charge in [-0.2, -0.15) is 0 Å². The molecule has 0 aliphatic heterocycles. The van der Waals surface area contributed by atoms with Gasteiger partial charge in [-0.05, 0) is 11.6 Å². The highest BCUT2D eigenvalue weighted by Gasteiger charge is 2.02. The van der Waals surface area contributed by atoms with Gasteiger partial charge in [0, 0.05) is 0 Å². The van der Waals surface area contributed by atoms with E-state index in [1.165, 1.54) is 12.1 Å². The maximum Gasteiger partial charge on any atom is 0.128 e. The first kappa shape index (κ1) is 8.23. The fourth-order valence-electron chi connectivity index (χ4n) is 0.727. The third-order valence-electron chi connectivity index (χ3n) is 1.37. The largest absolute Gasteiger partial charge is 0.375 e. The molecule has 2 nitrogen and oxygen atoms in total. The molecule has 56 valence electrons. The van der Waals surface area contributed by atoms with Crippen LogP contribution in [0.15, 0.2) is 18.2 Å². The summed E-state index contributed by atoms with van der Waals surface area (Å²) in [5, 5.41) is 8.81. The Morgan fingerprint density at radius 3 is 2.64 bits per heavy atom. The molecule has 1 unspecified atom stereocenters. The van der Waals surface area contributed by atoms with Crippen LogP contribution in [0.1, 0.15) is 11.8 Å². The van der Waals surface area contributed by atoms with Gasteiger partial charge in [0.2, 0.25) is 0 Å². The second-order valence-corrected chi connectivity index (χ2v) is 2.23. The molecule has 0 aliphatic carbocycles. The minimum atomic E-state index is -1.15. The standard InChI is InChI=1S/C7H7BFNO/c8-5-2-1-4(7(10)11)3-6(5)9/h1-3,7,11H,10H2. The highest BCUT2D eigenvalue weighted by Crippen LogP contribution is 2.06. The summed E-state index contributed by atoms with van der Waals surface area (Å²) < 4.78 is 12.6. The molecular weight excluding hydrogens is 144 g/mol. The van der Waals surface area contributed by atoms with E-state index in [-0.39, 0.29) is 5.46 Å². The summed E-state index contributed by atoms with van der Waals surface area (Å²) in [6.45, 7) is 0. The Labute approximate surface area is 65.2 Å². The zero-order valence-electron chi connectivity index (χ0n) is 5.79. The molecule has 1 rings (SSSR count). The van der Waals surface area contributed by atoms with Crippen molar-refractivity contribution in [2.45, 2.75) is 6.23 Å². The molecule has 1 aromatic rings. The van der Waals surface area contributed by atoms with Crippen LogP contribution in [-0.2, 0) is 0 Å². The SMILES string of the molecule is [B]c1ccc(C(N)O)cc1F. The Morgan fingerprint density at radius 1 is 1.55 bits per heavy atom. The van der Waals surface area contributed by atoms with E-state index in [0.29, 0.717) is 5.56 Å². The molecule has 1 atom stereocenters. The summed E-state index contributed by atoms with van der Waals surface area (Å²) in [5.41, 5.74) is 5.45. The molecule has 0 fully saturated rings. The van der Waals surface area contributed by atoms with E-state index in [1.54, 1.807) is 0 Å². The van der Waals surface area contributed by atoms with Crippen molar-refractivity contribution >= 4 is 13.3 Å². The average molecular weight is 151 g/mol. The lowest BCUT2D eigenvalue weighted by molar-refractivity contribution is 0.186.